The van der Waals surface area contributed by atoms with Gasteiger partial charge in [-0.2, -0.15) is 22.5 Å². The lowest BCUT2D eigenvalue weighted by atomic mass is 10.0. The Morgan fingerprint density at radius 1 is 0.971 bits per heavy atom. The van der Waals surface area contributed by atoms with Crippen LogP contribution in [0.1, 0.15) is 18.1 Å². The molecule has 11 heteroatoms. The first-order valence-electron chi connectivity index (χ1n) is 10.1. The van der Waals surface area contributed by atoms with Crippen LogP contribution in [0, 0.1) is 23.5 Å². The van der Waals surface area contributed by atoms with E-state index >= 15 is 0 Å². The first kappa shape index (κ1) is 22.9. The lowest BCUT2D eigenvalue weighted by Crippen LogP contribution is -2.47. The average Bonchev–Trinajstić information content (AvgIpc) is 2.97. The SMILES string of the molecule is C[C@H](Nc1c(F)c(F)nc(F)c1F)C(=O)NC1N=C(c2ccccc2)c2ccccc2NC1=O. The minimum atomic E-state index is -1.87. The molecule has 0 spiro atoms. The van der Waals surface area contributed by atoms with Crippen LogP contribution < -0.4 is 16.0 Å². The molecule has 1 aliphatic rings. The van der Waals surface area contributed by atoms with E-state index in [-0.39, 0.29) is 0 Å². The van der Waals surface area contributed by atoms with Crippen molar-refractivity contribution in [1.82, 2.24) is 10.3 Å². The van der Waals surface area contributed by atoms with Crippen molar-refractivity contribution >= 4 is 28.9 Å². The molecule has 3 aromatic rings. The lowest BCUT2D eigenvalue weighted by molar-refractivity contribution is -0.126. The topological polar surface area (TPSA) is 95.5 Å². The van der Waals surface area contributed by atoms with Gasteiger partial charge < -0.3 is 16.0 Å². The highest BCUT2D eigenvalue weighted by molar-refractivity contribution is 6.19. The number of nitrogens with one attached hydrogen (secondary N) is 3. The van der Waals surface area contributed by atoms with Gasteiger partial charge in [0.25, 0.3) is 17.8 Å². The Balaban J connectivity index is 1.62. The summed E-state index contributed by atoms with van der Waals surface area (Å²) >= 11 is 0. The van der Waals surface area contributed by atoms with Crippen LogP contribution in [0.3, 0.4) is 0 Å². The Morgan fingerprint density at radius 3 is 2.26 bits per heavy atom. The fourth-order valence-corrected chi connectivity index (χ4v) is 3.34. The van der Waals surface area contributed by atoms with E-state index in [2.05, 4.69) is 25.9 Å². The summed E-state index contributed by atoms with van der Waals surface area (Å²) in [5.41, 5.74) is 1.01. The molecule has 0 saturated carbocycles. The number of anilines is 2. The molecule has 34 heavy (non-hydrogen) atoms. The molecule has 174 valence electrons. The van der Waals surface area contributed by atoms with E-state index in [0.29, 0.717) is 22.5 Å². The van der Waals surface area contributed by atoms with Crippen LogP contribution in [0.15, 0.2) is 59.6 Å². The van der Waals surface area contributed by atoms with Crippen molar-refractivity contribution in [2.24, 2.45) is 4.99 Å². The van der Waals surface area contributed by atoms with E-state index in [1.807, 2.05) is 6.07 Å². The van der Waals surface area contributed by atoms with Crippen LogP contribution in [0.25, 0.3) is 0 Å². The number of aliphatic imine (C=N–C) groups is 1. The zero-order valence-electron chi connectivity index (χ0n) is 17.6. The van der Waals surface area contributed by atoms with Crippen molar-refractivity contribution < 1.29 is 27.2 Å². The molecule has 3 N–H and O–H groups in total. The van der Waals surface area contributed by atoms with Gasteiger partial charge in [-0.15, -0.1) is 0 Å². The summed E-state index contributed by atoms with van der Waals surface area (Å²) < 4.78 is 54.6. The van der Waals surface area contributed by atoms with Crippen LogP contribution in [0.2, 0.25) is 0 Å². The van der Waals surface area contributed by atoms with Gasteiger partial charge in [-0.25, -0.2) is 4.99 Å². The molecule has 0 radical (unpaired) electrons. The van der Waals surface area contributed by atoms with E-state index in [4.69, 9.17) is 0 Å². The van der Waals surface area contributed by atoms with E-state index in [1.165, 1.54) is 6.92 Å². The average molecular weight is 471 g/mol. The maximum absolute atomic E-state index is 13.9. The number of carbonyl (C=O) groups excluding carboxylic acids is 2. The quantitative estimate of drug-likeness (QED) is 0.393. The van der Waals surface area contributed by atoms with E-state index in [9.17, 15) is 27.2 Å². The van der Waals surface area contributed by atoms with Gasteiger partial charge >= 0.3 is 0 Å². The fraction of sp³-hybridized carbons (Fsp3) is 0.130. The highest BCUT2D eigenvalue weighted by atomic mass is 19.2. The highest BCUT2D eigenvalue weighted by Crippen LogP contribution is 2.25. The van der Waals surface area contributed by atoms with Gasteiger partial charge in [0.1, 0.15) is 11.7 Å². The van der Waals surface area contributed by atoms with Gasteiger partial charge in [-0.05, 0) is 13.0 Å². The molecule has 2 amide bonds. The largest absolute Gasteiger partial charge is 0.369 e. The number of para-hydroxylation sites is 1. The molecule has 4 rings (SSSR count). The van der Waals surface area contributed by atoms with Crippen molar-refractivity contribution in [1.29, 1.82) is 0 Å². The standard InChI is InChI=1S/C23H17F4N5O2/c1-11(28-18-15(24)19(26)31-20(27)16(18)25)22(33)32-21-23(34)29-14-10-6-5-9-13(14)17(30-21)12-7-3-2-4-8-12/h2-11,21H,1H3,(H,28,31)(H,29,34)(H,32,33)/t11-,21?/m0/s1. The maximum atomic E-state index is 13.9. The molecule has 0 bridgehead atoms. The molecule has 1 aromatic heterocycles. The second-order valence-electron chi connectivity index (χ2n) is 7.35. The zero-order chi connectivity index (χ0) is 24.4. The van der Waals surface area contributed by atoms with Crippen LogP contribution in [-0.4, -0.2) is 34.7 Å². The molecule has 2 heterocycles. The number of benzene rings is 2. The van der Waals surface area contributed by atoms with Crippen molar-refractivity contribution in [3.8, 4) is 0 Å². The number of fused-ring (bicyclic) bond motifs is 1. The Labute approximate surface area is 190 Å². The third kappa shape index (κ3) is 4.45. The number of halogens is 4. The van der Waals surface area contributed by atoms with Gasteiger partial charge in [-0.3, -0.25) is 9.59 Å². The summed E-state index contributed by atoms with van der Waals surface area (Å²) in [7, 11) is 0. The van der Waals surface area contributed by atoms with Gasteiger partial charge in [0.2, 0.25) is 23.7 Å². The summed E-state index contributed by atoms with van der Waals surface area (Å²) in [6.07, 6.45) is -1.40. The number of hydrogen-bond acceptors (Lipinski definition) is 5. The first-order valence-corrected chi connectivity index (χ1v) is 10.1. The predicted molar refractivity (Wildman–Crippen MR) is 116 cm³/mol. The molecule has 1 aliphatic heterocycles. The summed E-state index contributed by atoms with van der Waals surface area (Å²) in [4.78, 5) is 32.4. The molecular weight excluding hydrogens is 454 g/mol. The van der Waals surface area contributed by atoms with Crippen LogP contribution in [0.5, 0.6) is 0 Å². The summed E-state index contributed by atoms with van der Waals surface area (Å²) in [6.45, 7) is 1.19. The Kier molecular flexibility index (Phi) is 6.26. The monoisotopic (exact) mass is 471 g/mol. The van der Waals surface area contributed by atoms with E-state index < -0.39 is 53.2 Å². The summed E-state index contributed by atoms with van der Waals surface area (Å²) in [5.74, 6) is -8.87. The number of nitrogens with zero attached hydrogens (tertiary/aromatic N) is 2. The van der Waals surface area contributed by atoms with Gasteiger partial charge in [-0.1, -0.05) is 48.5 Å². The van der Waals surface area contributed by atoms with Crippen LogP contribution in [0.4, 0.5) is 28.9 Å². The Morgan fingerprint density at radius 2 is 1.59 bits per heavy atom. The number of rotatable bonds is 5. The van der Waals surface area contributed by atoms with E-state index in [1.54, 1.807) is 48.5 Å². The normalized spacial score (nSPS) is 16.0. The summed E-state index contributed by atoms with van der Waals surface area (Å²) in [5, 5.41) is 7.14. The first-order chi connectivity index (χ1) is 16.3. The smallest absolute Gasteiger partial charge is 0.269 e. The van der Waals surface area contributed by atoms with Crippen molar-refractivity contribution in [2.75, 3.05) is 10.6 Å². The van der Waals surface area contributed by atoms with Gasteiger partial charge in [0.15, 0.2) is 0 Å². The molecule has 1 unspecified atom stereocenters. The number of hydrogen-bond donors (Lipinski definition) is 3. The van der Waals surface area contributed by atoms with E-state index in [0.717, 1.165) is 0 Å². The second kappa shape index (κ2) is 9.30. The van der Waals surface area contributed by atoms with Crippen molar-refractivity contribution in [3.63, 3.8) is 0 Å². The molecule has 7 nitrogen and oxygen atoms in total. The predicted octanol–water partition coefficient (Wildman–Crippen LogP) is 3.37. The van der Waals surface area contributed by atoms with Crippen molar-refractivity contribution in [2.45, 2.75) is 19.1 Å². The maximum Gasteiger partial charge on any atom is 0.269 e. The molecule has 2 aromatic carbocycles. The van der Waals surface area contributed by atoms with Crippen molar-refractivity contribution in [3.05, 3.63) is 89.3 Å². The minimum Gasteiger partial charge on any atom is -0.369 e. The molecule has 0 aliphatic carbocycles. The molecule has 0 saturated heterocycles. The Bertz CT molecular complexity index is 1270. The number of benzodiazepines with no additional fused rings is 1. The highest BCUT2D eigenvalue weighted by Gasteiger charge is 2.29. The third-order valence-electron chi connectivity index (χ3n) is 5.02. The third-order valence-corrected chi connectivity index (χ3v) is 5.02. The number of amides is 2. The summed E-state index contributed by atoms with van der Waals surface area (Å²) in [6, 6.07) is 14.5. The second-order valence-corrected chi connectivity index (χ2v) is 7.35. The number of pyridine rings is 1. The minimum absolute atomic E-state index is 0.427. The molecular formula is C23H17F4N5O2. The van der Waals surface area contributed by atoms with Crippen LogP contribution >= 0.6 is 0 Å². The zero-order valence-corrected chi connectivity index (χ0v) is 17.6. The number of carbonyl (C=O) groups is 2. The Hall–Kier alpha value is -4.28. The molecule has 2 atom stereocenters. The number of aromatic nitrogens is 1. The van der Waals surface area contributed by atoms with Gasteiger partial charge in [0, 0.05) is 11.1 Å². The fourth-order valence-electron chi connectivity index (χ4n) is 3.34. The van der Waals surface area contributed by atoms with Crippen LogP contribution in [-0.2, 0) is 9.59 Å². The lowest BCUT2D eigenvalue weighted by Gasteiger charge is -2.19. The van der Waals surface area contributed by atoms with Gasteiger partial charge in [0.05, 0.1) is 11.4 Å². The molecule has 0 fully saturated rings.